The Morgan fingerprint density at radius 1 is 1.62 bits per heavy atom. The van der Waals surface area contributed by atoms with Gasteiger partial charge in [-0.25, -0.2) is 0 Å². The van der Waals surface area contributed by atoms with E-state index in [0.717, 1.165) is 12.8 Å². The maximum absolute atomic E-state index is 11.5. The summed E-state index contributed by atoms with van der Waals surface area (Å²) in [4.78, 5) is 14.1. The zero-order valence-corrected chi connectivity index (χ0v) is 9.05. The quantitative estimate of drug-likeness (QED) is 0.321. The van der Waals surface area contributed by atoms with E-state index in [1.165, 1.54) is 12.3 Å². The number of hydrogen-bond acceptors (Lipinski definition) is 4. The van der Waals surface area contributed by atoms with Crippen molar-refractivity contribution in [1.29, 1.82) is 0 Å². The predicted octanol–water partition coefficient (Wildman–Crippen LogP) is 2.63. The van der Waals surface area contributed by atoms with Crippen molar-refractivity contribution in [2.75, 3.05) is 6.61 Å². The molecule has 0 bridgehead atoms. The number of rotatable bonds is 6. The molecule has 0 aliphatic rings. The molecule has 1 aromatic rings. The molecule has 0 saturated heterocycles. The van der Waals surface area contributed by atoms with E-state index >= 15 is 0 Å². The van der Waals surface area contributed by atoms with Crippen molar-refractivity contribution in [1.82, 2.24) is 0 Å². The van der Waals surface area contributed by atoms with E-state index in [-0.39, 0.29) is 17.7 Å². The second kappa shape index (κ2) is 6.53. The van der Waals surface area contributed by atoms with Gasteiger partial charge in [-0.3, -0.25) is 4.79 Å². The van der Waals surface area contributed by atoms with Crippen LogP contribution in [0.2, 0.25) is 0 Å². The second-order valence-corrected chi connectivity index (χ2v) is 3.17. The molecular formula is C10H13N3O3. The van der Waals surface area contributed by atoms with E-state index in [4.69, 9.17) is 14.7 Å². The summed E-state index contributed by atoms with van der Waals surface area (Å²) in [5.41, 5.74) is 7.85. The molecule has 0 aliphatic heterocycles. The minimum atomic E-state index is -0.259. The van der Waals surface area contributed by atoms with E-state index in [2.05, 4.69) is 10.0 Å². The SMILES string of the molecule is CCCCOc1coc(CN=[N+]=[N-])cc1=O. The van der Waals surface area contributed by atoms with E-state index < -0.39 is 0 Å². The molecule has 1 rings (SSSR count). The van der Waals surface area contributed by atoms with Crippen LogP contribution in [0, 0.1) is 0 Å². The molecule has 0 atom stereocenters. The molecule has 0 spiro atoms. The van der Waals surface area contributed by atoms with Crippen LogP contribution in [0.3, 0.4) is 0 Å². The Morgan fingerprint density at radius 2 is 2.44 bits per heavy atom. The third-order valence-corrected chi connectivity index (χ3v) is 1.90. The third kappa shape index (κ3) is 3.67. The van der Waals surface area contributed by atoms with E-state index in [1.54, 1.807) is 0 Å². The molecule has 0 fully saturated rings. The predicted molar refractivity (Wildman–Crippen MR) is 58.2 cm³/mol. The molecule has 6 heteroatoms. The Labute approximate surface area is 92.5 Å². The summed E-state index contributed by atoms with van der Waals surface area (Å²) in [6, 6.07) is 1.27. The fraction of sp³-hybridized carbons (Fsp3) is 0.500. The first-order valence-corrected chi connectivity index (χ1v) is 5.03. The van der Waals surface area contributed by atoms with Gasteiger partial charge >= 0.3 is 0 Å². The lowest BCUT2D eigenvalue weighted by molar-refractivity contribution is 0.293. The number of hydrogen-bond donors (Lipinski definition) is 0. The summed E-state index contributed by atoms with van der Waals surface area (Å²) < 4.78 is 10.3. The Hall–Kier alpha value is -1.94. The molecule has 0 N–H and O–H groups in total. The smallest absolute Gasteiger partial charge is 0.226 e. The lowest BCUT2D eigenvalue weighted by atomic mass is 10.3. The van der Waals surface area contributed by atoms with Crippen LogP contribution in [0.1, 0.15) is 25.5 Å². The van der Waals surface area contributed by atoms with Gasteiger partial charge in [0.05, 0.1) is 13.2 Å². The van der Waals surface area contributed by atoms with E-state index in [1.807, 2.05) is 6.92 Å². The largest absolute Gasteiger partial charge is 0.487 e. The van der Waals surface area contributed by atoms with Crippen LogP contribution in [0.15, 0.2) is 26.7 Å². The Balaban J connectivity index is 2.67. The molecule has 0 radical (unpaired) electrons. The molecular weight excluding hydrogens is 210 g/mol. The number of nitrogens with zero attached hydrogens (tertiary/aromatic N) is 3. The van der Waals surface area contributed by atoms with Gasteiger partial charge in [-0.05, 0) is 12.0 Å². The summed E-state index contributed by atoms with van der Waals surface area (Å²) in [5.74, 6) is 0.517. The molecule has 86 valence electrons. The lowest BCUT2D eigenvalue weighted by Crippen LogP contribution is -2.08. The van der Waals surface area contributed by atoms with Crippen LogP contribution < -0.4 is 10.2 Å². The van der Waals surface area contributed by atoms with E-state index in [9.17, 15) is 4.79 Å². The maximum atomic E-state index is 11.5. The first-order chi connectivity index (χ1) is 7.77. The average Bonchev–Trinajstić information content (AvgIpc) is 2.29. The zero-order chi connectivity index (χ0) is 11.8. The van der Waals surface area contributed by atoms with Gasteiger partial charge < -0.3 is 9.15 Å². The highest BCUT2D eigenvalue weighted by molar-refractivity contribution is 5.17. The second-order valence-electron chi connectivity index (χ2n) is 3.17. The van der Waals surface area contributed by atoms with E-state index in [0.29, 0.717) is 12.4 Å². The van der Waals surface area contributed by atoms with Crippen LogP contribution in [0.4, 0.5) is 0 Å². The fourth-order valence-corrected chi connectivity index (χ4v) is 1.05. The fourth-order valence-electron chi connectivity index (χ4n) is 1.05. The summed E-state index contributed by atoms with van der Waals surface area (Å²) in [6.45, 7) is 2.56. The Morgan fingerprint density at radius 3 is 3.06 bits per heavy atom. The molecule has 1 heterocycles. The van der Waals surface area contributed by atoms with Gasteiger partial charge in [0.2, 0.25) is 11.2 Å². The molecule has 1 aromatic heterocycles. The normalized spacial score (nSPS) is 9.56. The van der Waals surface area contributed by atoms with Crippen molar-refractivity contribution < 1.29 is 9.15 Å². The zero-order valence-electron chi connectivity index (χ0n) is 9.05. The molecule has 0 aromatic carbocycles. The molecule has 0 aliphatic carbocycles. The number of unbranched alkanes of at least 4 members (excludes halogenated alkanes) is 1. The van der Waals surface area contributed by atoms with Crippen molar-refractivity contribution in [2.45, 2.75) is 26.3 Å². The summed E-state index contributed by atoms with van der Waals surface area (Å²) >= 11 is 0. The third-order valence-electron chi connectivity index (χ3n) is 1.90. The van der Waals surface area contributed by atoms with Gasteiger partial charge in [0.15, 0.2) is 0 Å². The van der Waals surface area contributed by atoms with Crippen LogP contribution >= 0.6 is 0 Å². The summed E-state index contributed by atoms with van der Waals surface area (Å²) in [6.07, 6.45) is 3.14. The van der Waals surface area contributed by atoms with Crippen LogP contribution in [-0.4, -0.2) is 6.61 Å². The van der Waals surface area contributed by atoms with Gasteiger partial charge in [0.1, 0.15) is 12.0 Å². The summed E-state index contributed by atoms with van der Waals surface area (Å²) in [7, 11) is 0. The highest BCUT2D eigenvalue weighted by Gasteiger charge is 2.03. The monoisotopic (exact) mass is 223 g/mol. The minimum absolute atomic E-state index is 0.0287. The first-order valence-electron chi connectivity index (χ1n) is 5.03. The van der Waals surface area contributed by atoms with Crippen molar-refractivity contribution in [2.24, 2.45) is 5.11 Å². The van der Waals surface area contributed by atoms with Crippen LogP contribution in [-0.2, 0) is 6.54 Å². The van der Waals surface area contributed by atoms with Crippen LogP contribution in [0.5, 0.6) is 5.75 Å². The number of ether oxygens (including phenoxy) is 1. The molecule has 0 amide bonds. The topological polar surface area (TPSA) is 88.2 Å². The van der Waals surface area contributed by atoms with Gasteiger partial charge in [0, 0.05) is 11.0 Å². The van der Waals surface area contributed by atoms with Crippen molar-refractivity contribution >= 4 is 0 Å². The minimum Gasteiger partial charge on any atom is -0.487 e. The molecule has 0 unspecified atom stereocenters. The van der Waals surface area contributed by atoms with Gasteiger partial charge in [-0.1, -0.05) is 18.5 Å². The Kier molecular flexibility index (Phi) is 4.95. The van der Waals surface area contributed by atoms with Crippen molar-refractivity contribution in [3.63, 3.8) is 0 Å². The van der Waals surface area contributed by atoms with Crippen molar-refractivity contribution in [3.8, 4) is 5.75 Å². The first kappa shape index (κ1) is 12.1. The van der Waals surface area contributed by atoms with Gasteiger partial charge in [0.25, 0.3) is 0 Å². The standard InChI is InChI=1S/C10H13N3O3/c1-2-3-4-15-10-7-16-8(5-9(10)14)6-12-13-11/h5,7H,2-4,6H2,1H3. The molecule has 6 nitrogen and oxygen atoms in total. The highest BCUT2D eigenvalue weighted by Crippen LogP contribution is 2.07. The average molecular weight is 223 g/mol. The van der Waals surface area contributed by atoms with Crippen LogP contribution in [0.25, 0.3) is 10.4 Å². The molecule has 0 saturated carbocycles. The van der Waals surface area contributed by atoms with Gasteiger partial charge in [-0.15, -0.1) is 0 Å². The number of azide groups is 1. The highest BCUT2D eigenvalue weighted by atomic mass is 16.5. The maximum Gasteiger partial charge on any atom is 0.226 e. The lowest BCUT2D eigenvalue weighted by Gasteiger charge is -2.03. The molecule has 16 heavy (non-hydrogen) atoms. The van der Waals surface area contributed by atoms with Gasteiger partial charge in [-0.2, -0.15) is 0 Å². The summed E-state index contributed by atoms with van der Waals surface area (Å²) in [5, 5.41) is 3.30. The van der Waals surface area contributed by atoms with Crippen molar-refractivity contribution in [3.05, 3.63) is 38.8 Å². The Bertz CT molecular complexity index is 435.